The summed E-state index contributed by atoms with van der Waals surface area (Å²) < 4.78 is 88.0. The number of ether oxygens (including phenoxy) is 2. The highest BCUT2D eigenvalue weighted by atomic mass is 35.5. The molecule has 0 aliphatic carbocycles. The number of rotatable bonds is 7. The van der Waals surface area contributed by atoms with Crippen molar-refractivity contribution in [2.24, 2.45) is 4.99 Å². The third-order valence-corrected chi connectivity index (χ3v) is 7.03. The fourth-order valence-electron chi connectivity index (χ4n) is 3.98. The fraction of sp³-hybridized carbons (Fsp3) is 0.152. The van der Waals surface area contributed by atoms with Gasteiger partial charge in [-0.3, -0.25) is 0 Å². The number of nitrogens with zero attached hydrogens (tertiary/aromatic N) is 5. The lowest BCUT2D eigenvalue weighted by molar-refractivity contribution is -0.138. The smallest absolute Gasteiger partial charge is 0.417 e. The molecule has 5 aromatic rings. The number of aryl methyl sites for hydroxylation is 2. The first-order chi connectivity index (χ1) is 23.0. The SMILES string of the molecule is Cc1cc(N)cnc1Oc1ccc(Cl)c(C(F)(F)F)c1.Cc1cc(N=CN(C)c2ccccn2)cnc1Oc1ccc(Cl)c(C(F)(F)F)c1. The summed E-state index contributed by atoms with van der Waals surface area (Å²) in [5.41, 5.74) is 5.86. The number of hydrogen-bond acceptors (Lipinski definition) is 7. The summed E-state index contributed by atoms with van der Waals surface area (Å²) in [6, 6.07) is 15.5. The number of nitrogens with two attached hydrogens (primary N) is 1. The second kappa shape index (κ2) is 15.4. The van der Waals surface area contributed by atoms with Crippen LogP contribution in [0, 0.1) is 13.8 Å². The average Bonchev–Trinajstić information content (AvgIpc) is 3.03. The minimum absolute atomic E-state index is 0.00194. The third kappa shape index (κ3) is 10.2. The summed E-state index contributed by atoms with van der Waals surface area (Å²) >= 11 is 11.2. The molecule has 0 saturated carbocycles. The maximum Gasteiger partial charge on any atom is 0.417 e. The van der Waals surface area contributed by atoms with Gasteiger partial charge in [0.2, 0.25) is 11.8 Å². The van der Waals surface area contributed by atoms with E-state index in [9.17, 15) is 26.3 Å². The molecule has 2 N–H and O–H groups in total. The van der Waals surface area contributed by atoms with Crippen LogP contribution in [0.15, 0.2) is 90.3 Å². The van der Waals surface area contributed by atoms with Gasteiger partial charge in [-0.15, -0.1) is 0 Å². The number of pyridine rings is 3. The molecule has 0 fully saturated rings. The molecule has 2 aromatic carbocycles. The van der Waals surface area contributed by atoms with Gasteiger partial charge in [-0.05, 0) is 74.5 Å². The van der Waals surface area contributed by atoms with Crippen LogP contribution in [0.2, 0.25) is 10.0 Å². The minimum atomic E-state index is -4.57. The second-order valence-electron chi connectivity index (χ2n) is 10.2. The zero-order chi connectivity index (χ0) is 35.9. The topological polar surface area (TPSA) is 98.8 Å². The van der Waals surface area contributed by atoms with Crippen LogP contribution in [0.4, 0.5) is 43.5 Å². The van der Waals surface area contributed by atoms with Gasteiger partial charge in [0.1, 0.15) is 17.3 Å². The zero-order valence-corrected chi connectivity index (χ0v) is 27.3. The van der Waals surface area contributed by atoms with Crippen LogP contribution in [0.25, 0.3) is 0 Å². The highest BCUT2D eigenvalue weighted by Crippen LogP contribution is 2.39. The van der Waals surface area contributed by atoms with Gasteiger partial charge in [0.25, 0.3) is 0 Å². The van der Waals surface area contributed by atoms with Crippen molar-refractivity contribution in [2.45, 2.75) is 26.2 Å². The summed E-state index contributed by atoms with van der Waals surface area (Å²) in [4.78, 5) is 18.4. The van der Waals surface area contributed by atoms with Gasteiger partial charge in [0.05, 0.1) is 51.3 Å². The lowest BCUT2D eigenvalue weighted by Gasteiger charge is -2.13. The Balaban J connectivity index is 0.000000237. The molecule has 0 unspecified atom stereocenters. The normalized spacial score (nSPS) is 11.6. The molecule has 0 aliphatic heterocycles. The molecule has 16 heteroatoms. The van der Waals surface area contributed by atoms with E-state index in [1.165, 1.54) is 24.5 Å². The molecule has 256 valence electrons. The summed E-state index contributed by atoms with van der Waals surface area (Å²) in [5, 5.41) is -0.775. The van der Waals surface area contributed by atoms with Gasteiger partial charge in [-0.1, -0.05) is 29.3 Å². The van der Waals surface area contributed by atoms with Crippen LogP contribution < -0.4 is 20.1 Å². The highest BCUT2D eigenvalue weighted by molar-refractivity contribution is 6.31. The molecule has 0 aliphatic rings. The number of benzene rings is 2. The van der Waals surface area contributed by atoms with E-state index >= 15 is 0 Å². The lowest BCUT2D eigenvalue weighted by Crippen LogP contribution is -2.15. The zero-order valence-electron chi connectivity index (χ0n) is 25.8. The van der Waals surface area contributed by atoms with E-state index in [1.54, 1.807) is 43.4 Å². The van der Waals surface area contributed by atoms with Crippen molar-refractivity contribution in [1.82, 2.24) is 15.0 Å². The molecule has 0 bridgehead atoms. The van der Waals surface area contributed by atoms with Crippen molar-refractivity contribution in [3.05, 3.63) is 118 Å². The summed E-state index contributed by atoms with van der Waals surface area (Å²) in [6.45, 7) is 3.42. The molecule has 0 radical (unpaired) electrons. The van der Waals surface area contributed by atoms with Crippen molar-refractivity contribution >= 4 is 46.7 Å². The van der Waals surface area contributed by atoms with E-state index in [2.05, 4.69) is 19.9 Å². The number of hydrogen-bond donors (Lipinski definition) is 1. The maximum atomic E-state index is 13.0. The van der Waals surface area contributed by atoms with E-state index in [-0.39, 0.29) is 28.3 Å². The second-order valence-corrected chi connectivity index (χ2v) is 11.0. The molecular weight excluding hydrogens is 697 g/mol. The summed E-state index contributed by atoms with van der Waals surface area (Å²) in [5.74, 6) is 1.08. The van der Waals surface area contributed by atoms with Gasteiger partial charge < -0.3 is 20.1 Å². The Bertz CT molecular complexity index is 1940. The van der Waals surface area contributed by atoms with E-state index in [1.807, 2.05) is 25.2 Å². The van der Waals surface area contributed by atoms with E-state index in [0.717, 1.165) is 30.1 Å². The average molecular weight is 724 g/mol. The van der Waals surface area contributed by atoms with Crippen molar-refractivity contribution in [3.8, 4) is 23.3 Å². The molecule has 49 heavy (non-hydrogen) atoms. The van der Waals surface area contributed by atoms with Crippen LogP contribution in [0.3, 0.4) is 0 Å². The van der Waals surface area contributed by atoms with E-state index in [0.29, 0.717) is 22.5 Å². The van der Waals surface area contributed by atoms with Crippen LogP contribution in [-0.2, 0) is 12.4 Å². The molecular formula is C33H26Cl2F6N6O2. The number of halogens is 8. The van der Waals surface area contributed by atoms with Crippen molar-refractivity contribution < 1.29 is 35.8 Å². The van der Waals surface area contributed by atoms with Crippen molar-refractivity contribution in [2.75, 3.05) is 17.7 Å². The monoisotopic (exact) mass is 722 g/mol. The number of anilines is 2. The van der Waals surface area contributed by atoms with Crippen LogP contribution >= 0.6 is 23.2 Å². The Morgan fingerprint density at radius 2 is 1.27 bits per heavy atom. The Morgan fingerprint density at radius 1 is 0.735 bits per heavy atom. The third-order valence-electron chi connectivity index (χ3n) is 6.37. The van der Waals surface area contributed by atoms with Gasteiger partial charge in [0.15, 0.2) is 0 Å². The first kappa shape index (κ1) is 36.8. The van der Waals surface area contributed by atoms with Gasteiger partial charge in [0, 0.05) is 24.4 Å². The standard InChI is InChI=1S/C20H16ClF3N4O.C13H10ClF3N2O/c1-13-9-14(27-12-28(2)18-5-3-4-8-25-18)11-26-19(13)29-15-6-7-17(21)16(10-15)20(22,23)24;1-7-4-8(18)6-19-12(7)20-9-2-3-11(14)10(5-9)13(15,16)17/h3-12H,1-2H3;2-6H,18H2,1H3. The summed E-state index contributed by atoms with van der Waals surface area (Å²) in [7, 11) is 1.81. The van der Waals surface area contributed by atoms with Crippen LogP contribution in [0.5, 0.6) is 23.3 Å². The molecule has 8 nitrogen and oxygen atoms in total. The van der Waals surface area contributed by atoms with Crippen molar-refractivity contribution in [3.63, 3.8) is 0 Å². The molecule has 3 heterocycles. The van der Waals surface area contributed by atoms with Crippen molar-refractivity contribution in [1.29, 1.82) is 0 Å². The largest absolute Gasteiger partial charge is 0.439 e. The summed E-state index contributed by atoms with van der Waals surface area (Å²) in [6.07, 6.45) is -3.02. The minimum Gasteiger partial charge on any atom is -0.439 e. The van der Waals surface area contributed by atoms with Gasteiger partial charge in [-0.2, -0.15) is 26.3 Å². The molecule has 5 rings (SSSR count). The molecule has 0 spiro atoms. The number of alkyl halides is 6. The Hall–Kier alpha value is -5.08. The Kier molecular flexibility index (Phi) is 11.6. The van der Waals surface area contributed by atoms with Crippen LogP contribution in [0.1, 0.15) is 22.3 Å². The van der Waals surface area contributed by atoms with Gasteiger partial charge >= 0.3 is 12.4 Å². The maximum absolute atomic E-state index is 13.0. The number of nitrogen functional groups attached to an aromatic ring is 1. The first-order valence-electron chi connectivity index (χ1n) is 14.0. The van der Waals surface area contributed by atoms with E-state index in [4.69, 9.17) is 38.4 Å². The Labute approximate surface area is 286 Å². The number of aliphatic imine (C=N–C) groups is 1. The van der Waals surface area contributed by atoms with Gasteiger partial charge in [-0.25, -0.2) is 19.9 Å². The van der Waals surface area contributed by atoms with Crippen LogP contribution in [-0.4, -0.2) is 28.3 Å². The predicted molar refractivity (Wildman–Crippen MR) is 176 cm³/mol. The molecule has 3 aromatic heterocycles. The predicted octanol–water partition coefficient (Wildman–Crippen LogP) is 10.5. The Morgan fingerprint density at radius 3 is 1.73 bits per heavy atom. The first-order valence-corrected chi connectivity index (χ1v) is 14.7. The molecule has 0 amide bonds. The van der Waals surface area contributed by atoms with E-state index < -0.39 is 28.5 Å². The quantitative estimate of drug-likeness (QED) is 0.101. The molecule has 0 saturated heterocycles. The highest BCUT2D eigenvalue weighted by Gasteiger charge is 2.34. The lowest BCUT2D eigenvalue weighted by atomic mass is 10.2. The fourth-order valence-corrected chi connectivity index (χ4v) is 4.43. The number of aromatic nitrogens is 3. The molecule has 0 atom stereocenters.